The van der Waals surface area contributed by atoms with Crippen LogP contribution in [0.1, 0.15) is 44.5 Å². The molecule has 0 bridgehead atoms. The lowest BCUT2D eigenvalue weighted by Gasteiger charge is -2.14. The number of nitrogens with two attached hydrogens (primary N) is 1. The Labute approximate surface area is 199 Å². The van der Waals surface area contributed by atoms with E-state index in [0.717, 1.165) is 33.3 Å². The predicted molar refractivity (Wildman–Crippen MR) is 136 cm³/mol. The van der Waals surface area contributed by atoms with Crippen molar-refractivity contribution in [2.45, 2.75) is 20.3 Å². The number of carbonyl (C=O) groups is 2. The van der Waals surface area contributed by atoms with Crippen molar-refractivity contribution in [3.8, 4) is 0 Å². The lowest BCUT2D eigenvalue weighted by atomic mass is 9.99. The molecule has 0 atom stereocenters. The zero-order valence-electron chi connectivity index (χ0n) is 18.6. The minimum absolute atomic E-state index is 0.0290. The first-order valence-electron chi connectivity index (χ1n) is 10.7. The molecule has 0 fully saturated rings. The van der Waals surface area contributed by atoms with Crippen LogP contribution in [0.3, 0.4) is 0 Å². The van der Waals surface area contributed by atoms with E-state index in [4.69, 9.17) is 5.73 Å². The van der Waals surface area contributed by atoms with Crippen LogP contribution < -0.4 is 11.1 Å². The summed E-state index contributed by atoms with van der Waals surface area (Å²) < 4.78 is 0.696. The largest absolute Gasteiger partial charge is 0.382 e. The Balaban J connectivity index is 1.53. The maximum atomic E-state index is 13.2. The number of rotatable bonds is 5. The SMILES string of the molecule is CC(=O)c1cccc(Cc2nccc3c(NC(=O)c4csc5c(N)ncnc45)c(C)ccc23)c1. The van der Waals surface area contributed by atoms with E-state index in [9.17, 15) is 9.59 Å². The Bertz CT molecular complexity index is 1590. The highest BCUT2D eigenvalue weighted by molar-refractivity contribution is 7.18. The number of anilines is 2. The average Bonchev–Trinajstić information content (AvgIpc) is 3.27. The number of amides is 1. The highest BCUT2D eigenvalue weighted by Gasteiger charge is 2.18. The second-order valence-electron chi connectivity index (χ2n) is 8.08. The van der Waals surface area contributed by atoms with E-state index < -0.39 is 0 Å². The minimum atomic E-state index is -0.257. The van der Waals surface area contributed by atoms with Gasteiger partial charge in [0.1, 0.15) is 12.1 Å². The molecule has 168 valence electrons. The van der Waals surface area contributed by atoms with Gasteiger partial charge in [-0.3, -0.25) is 14.6 Å². The Hall–Kier alpha value is -4.17. The Kier molecular flexibility index (Phi) is 5.51. The summed E-state index contributed by atoms with van der Waals surface area (Å²) in [5.41, 5.74) is 11.1. The molecule has 3 aromatic heterocycles. The number of ketones is 1. The third-order valence-corrected chi connectivity index (χ3v) is 6.80. The third-order valence-electron chi connectivity index (χ3n) is 5.81. The van der Waals surface area contributed by atoms with E-state index in [1.165, 1.54) is 17.7 Å². The molecule has 5 rings (SSSR count). The molecule has 2 aromatic carbocycles. The van der Waals surface area contributed by atoms with E-state index in [0.29, 0.717) is 33.6 Å². The number of aryl methyl sites for hydroxylation is 1. The van der Waals surface area contributed by atoms with Crippen LogP contribution in [0.4, 0.5) is 11.5 Å². The highest BCUT2D eigenvalue weighted by atomic mass is 32.1. The van der Waals surface area contributed by atoms with Crippen molar-refractivity contribution in [2.75, 3.05) is 11.1 Å². The summed E-state index contributed by atoms with van der Waals surface area (Å²) in [4.78, 5) is 37.8. The molecule has 0 aliphatic rings. The summed E-state index contributed by atoms with van der Waals surface area (Å²) >= 11 is 1.35. The summed E-state index contributed by atoms with van der Waals surface area (Å²) in [6, 6.07) is 13.5. The first-order valence-corrected chi connectivity index (χ1v) is 11.6. The highest BCUT2D eigenvalue weighted by Crippen LogP contribution is 2.32. The van der Waals surface area contributed by atoms with Gasteiger partial charge in [0.2, 0.25) is 0 Å². The van der Waals surface area contributed by atoms with Gasteiger partial charge in [-0.1, -0.05) is 30.3 Å². The molecule has 8 heteroatoms. The number of carbonyl (C=O) groups excluding carboxylic acids is 2. The van der Waals surface area contributed by atoms with Crippen molar-refractivity contribution in [3.05, 3.63) is 88.3 Å². The number of benzene rings is 2. The van der Waals surface area contributed by atoms with Gasteiger partial charge < -0.3 is 11.1 Å². The smallest absolute Gasteiger partial charge is 0.258 e. The van der Waals surface area contributed by atoms with Crippen LogP contribution in [-0.4, -0.2) is 26.6 Å². The molecule has 3 N–H and O–H groups in total. The number of nitrogens with one attached hydrogen (secondary N) is 1. The molecule has 5 aromatic rings. The van der Waals surface area contributed by atoms with Crippen LogP contribution in [0, 0.1) is 6.92 Å². The average molecular weight is 468 g/mol. The van der Waals surface area contributed by atoms with E-state index in [-0.39, 0.29) is 11.7 Å². The molecule has 7 nitrogen and oxygen atoms in total. The topological polar surface area (TPSA) is 111 Å². The number of thiophene rings is 1. The van der Waals surface area contributed by atoms with Crippen LogP contribution in [0.2, 0.25) is 0 Å². The summed E-state index contributed by atoms with van der Waals surface area (Å²) in [6.45, 7) is 3.52. The van der Waals surface area contributed by atoms with Crippen LogP contribution in [0.15, 0.2) is 60.4 Å². The summed E-state index contributed by atoms with van der Waals surface area (Å²) in [5.74, 6) is 0.133. The van der Waals surface area contributed by atoms with Crippen LogP contribution in [0.5, 0.6) is 0 Å². The number of hydrogen-bond acceptors (Lipinski definition) is 7. The van der Waals surface area contributed by atoms with Crippen molar-refractivity contribution in [2.24, 2.45) is 0 Å². The molecule has 0 spiro atoms. The molecule has 0 aliphatic heterocycles. The third kappa shape index (κ3) is 3.88. The van der Waals surface area contributed by atoms with Crippen LogP contribution in [-0.2, 0) is 6.42 Å². The van der Waals surface area contributed by atoms with Crippen molar-refractivity contribution < 1.29 is 9.59 Å². The van der Waals surface area contributed by atoms with Crippen molar-refractivity contribution >= 4 is 55.5 Å². The lowest BCUT2D eigenvalue weighted by molar-refractivity contribution is 0.101. The molecule has 0 unspecified atom stereocenters. The van der Waals surface area contributed by atoms with E-state index >= 15 is 0 Å². The van der Waals surface area contributed by atoms with E-state index in [1.807, 2.05) is 49.4 Å². The maximum Gasteiger partial charge on any atom is 0.258 e. The Morgan fingerprint density at radius 3 is 2.74 bits per heavy atom. The number of hydrogen-bond donors (Lipinski definition) is 2. The zero-order chi connectivity index (χ0) is 23.8. The molecular weight excluding hydrogens is 446 g/mol. The van der Waals surface area contributed by atoms with E-state index in [2.05, 4.69) is 20.3 Å². The van der Waals surface area contributed by atoms with Crippen molar-refractivity contribution in [3.63, 3.8) is 0 Å². The van der Waals surface area contributed by atoms with Gasteiger partial charge >= 0.3 is 0 Å². The minimum Gasteiger partial charge on any atom is -0.382 e. The number of nitrogens with zero attached hydrogens (tertiary/aromatic N) is 3. The number of Topliss-reactive ketones (excluding diaryl/α,β-unsaturated/α-hetero) is 1. The van der Waals surface area contributed by atoms with Gasteiger partial charge in [-0.2, -0.15) is 0 Å². The first-order chi connectivity index (χ1) is 16.4. The molecule has 0 aliphatic carbocycles. The standard InChI is InChI=1S/C26H21N5O2S/c1-14-6-7-18-19(8-9-28-21(18)11-16-4-3-5-17(10-16)15(2)32)22(14)31-26(33)20-12-34-24-23(20)29-13-30-25(24)27/h3-10,12-13H,11H2,1-2H3,(H,31,33)(H2,27,29,30). The van der Waals surface area contributed by atoms with Gasteiger partial charge in [0.15, 0.2) is 5.78 Å². The molecule has 1 amide bonds. The van der Waals surface area contributed by atoms with Gasteiger partial charge in [-0.05, 0) is 37.1 Å². The van der Waals surface area contributed by atoms with Gasteiger partial charge in [0, 0.05) is 34.3 Å². The van der Waals surface area contributed by atoms with Crippen LogP contribution >= 0.6 is 11.3 Å². The Morgan fingerprint density at radius 2 is 1.91 bits per heavy atom. The molecule has 0 saturated heterocycles. The number of aromatic nitrogens is 3. The summed E-state index contributed by atoms with van der Waals surface area (Å²) in [5, 5.41) is 6.67. The monoisotopic (exact) mass is 467 g/mol. The van der Waals surface area contributed by atoms with Crippen molar-refractivity contribution in [1.29, 1.82) is 0 Å². The first kappa shape index (κ1) is 21.7. The fraction of sp³-hybridized carbons (Fsp3) is 0.115. The van der Waals surface area contributed by atoms with Crippen molar-refractivity contribution in [1.82, 2.24) is 15.0 Å². The molecule has 0 saturated carbocycles. The van der Waals surface area contributed by atoms with Gasteiger partial charge in [0.05, 0.1) is 27.2 Å². The van der Waals surface area contributed by atoms with Crippen LogP contribution in [0.25, 0.3) is 21.0 Å². The molecule has 0 radical (unpaired) electrons. The number of nitrogen functional groups attached to an aromatic ring is 1. The lowest BCUT2D eigenvalue weighted by Crippen LogP contribution is -2.13. The second kappa shape index (κ2) is 8.64. The Morgan fingerprint density at radius 1 is 1.06 bits per heavy atom. The zero-order valence-corrected chi connectivity index (χ0v) is 19.4. The summed E-state index contributed by atoms with van der Waals surface area (Å²) in [7, 11) is 0. The van der Waals surface area contributed by atoms with Gasteiger partial charge in [0.25, 0.3) is 5.91 Å². The van der Waals surface area contributed by atoms with E-state index in [1.54, 1.807) is 18.5 Å². The predicted octanol–water partition coefficient (Wildman–Crippen LogP) is 5.18. The summed E-state index contributed by atoms with van der Waals surface area (Å²) in [6.07, 6.45) is 3.68. The van der Waals surface area contributed by atoms with Gasteiger partial charge in [-0.15, -0.1) is 11.3 Å². The number of pyridine rings is 1. The quantitative estimate of drug-likeness (QED) is 0.345. The fourth-order valence-corrected chi connectivity index (χ4v) is 4.94. The molecule has 3 heterocycles. The normalized spacial score (nSPS) is 11.1. The van der Waals surface area contributed by atoms with Gasteiger partial charge in [-0.25, -0.2) is 9.97 Å². The maximum absolute atomic E-state index is 13.2. The molecular formula is C26H21N5O2S. The fourth-order valence-electron chi connectivity index (χ4n) is 4.04. The number of fused-ring (bicyclic) bond motifs is 2. The second-order valence-corrected chi connectivity index (χ2v) is 8.96. The molecule has 34 heavy (non-hydrogen) atoms.